The summed E-state index contributed by atoms with van der Waals surface area (Å²) in [5.74, 6) is -3.74. The van der Waals surface area contributed by atoms with Crippen LogP contribution in [0, 0.1) is 17.6 Å². The van der Waals surface area contributed by atoms with Gasteiger partial charge in [-0.05, 0) is 19.2 Å². The predicted molar refractivity (Wildman–Crippen MR) is 57.7 cm³/mol. The Morgan fingerprint density at radius 2 is 1.94 bits per heavy atom. The Bertz CT molecular complexity index is 430. The molecule has 5 heteroatoms. The Morgan fingerprint density at radius 3 is 2.47 bits per heavy atom. The monoisotopic (exact) mass is 241 g/mol. The molecule has 0 aliphatic carbocycles. The second-order valence-electron chi connectivity index (χ2n) is 4.41. The van der Waals surface area contributed by atoms with Crippen molar-refractivity contribution in [2.45, 2.75) is 5.92 Å². The van der Waals surface area contributed by atoms with E-state index >= 15 is 0 Å². The number of hydrogen-bond donors (Lipinski definition) is 1. The maximum Gasteiger partial charge on any atom is 0.308 e. The first-order valence-electron chi connectivity index (χ1n) is 5.36. The Balaban J connectivity index is 2.41. The van der Waals surface area contributed by atoms with Gasteiger partial charge in [-0.25, -0.2) is 8.78 Å². The van der Waals surface area contributed by atoms with Crippen LogP contribution in [0.15, 0.2) is 18.2 Å². The molecule has 2 unspecified atom stereocenters. The van der Waals surface area contributed by atoms with Crippen molar-refractivity contribution in [2.24, 2.45) is 5.92 Å². The summed E-state index contributed by atoms with van der Waals surface area (Å²) in [6.07, 6.45) is 0. The fourth-order valence-corrected chi connectivity index (χ4v) is 2.41. The van der Waals surface area contributed by atoms with Gasteiger partial charge in [0.25, 0.3) is 0 Å². The average molecular weight is 241 g/mol. The van der Waals surface area contributed by atoms with Gasteiger partial charge < -0.3 is 10.0 Å². The van der Waals surface area contributed by atoms with E-state index < -0.39 is 29.4 Å². The molecule has 0 saturated carbocycles. The van der Waals surface area contributed by atoms with Gasteiger partial charge >= 0.3 is 5.97 Å². The molecule has 92 valence electrons. The molecular formula is C12H13F2NO2. The van der Waals surface area contributed by atoms with Crippen molar-refractivity contribution < 1.29 is 18.7 Å². The summed E-state index contributed by atoms with van der Waals surface area (Å²) in [6.45, 7) is 0.669. The average Bonchev–Trinajstić information content (AvgIpc) is 2.60. The summed E-state index contributed by atoms with van der Waals surface area (Å²) in [7, 11) is 1.74. The molecule has 0 radical (unpaired) electrons. The first kappa shape index (κ1) is 12.0. The van der Waals surface area contributed by atoms with Crippen molar-refractivity contribution >= 4 is 5.97 Å². The topological polar surface area (TPSA) is 40.5 Å². The highest BCUT2D eigenvalue weighted by molar-refractivity contribution is 5.72. The van der Waals surface area contributed by atoms with Gasteiger partial charge in [0.2, 0.25) is 0 Å². The Morgan fingerprint density at radius 1 is 1.35 bits per heavy atom. The second kappa shape index (κ2) is 4.41. The number of aliphatic carboxylic acids is 1. The van der Waals surface area contributed by atoms with Crippen molar-refractivity contribution in [2.75, 3.05) is 20.1 Å². The largest absolute Gasteiger partial charge is 0.481 e. The maximum atomic E-state index is 13.6. The van der Waals surface area contributed by atoms with Crippen LogP contribution in [0.25, 0.3) is 0 Å². The Hall–Kier alpha value is -1.49. The van der Waals surface area contributed by atoms with Crippen LogP contribution in [0.1, 0.15) is 11.5 Å². The lowest BCUT2D eigenvalue weighted by molar-refractivity contribution is -0.141. The van der Waals surface area contributed by atoms with Crippen LogP contribution in [0.5, 0.6) is 0 Å². The minimum absolute atomic E-state index is 0.107. The van der Waals surface area contributed by atoms with Gasteiger partial charge in [0.05, 0.1) is 5.92 Å². The highest BCUT2D eigenvalue weighted by atomic mass is 19.1. The van der Waals surface area contributed by atoms with Gasteiger partial charge in [-0.1, -0.05) is 6.07 Å². The fourth-order valence-electron chi connectivity index (χ4n) is 2.41. The number of nitrogens with zero attached hydrogens (tertiary/aromatic N) is 1. The summed E-state index contributed by atoms with van der Waals surface area (Å²) in [6, 6.07) is 3.61. The van der Waals surface area contributed by atoms with Crippen LogP contribution in [0.4, 0.5) is 8.78 Å². The van der Waals surface area contributed by atoms with Crippen molar-refractivity contribution in [1.82, 2.24) is 4.90 Å². The zero-order chi connectivity index (χ0) is 12.6. The molecule has 1 aromatic carbocycles. The molecule has 0 amide bonds. The minimum Gasteiger partial charge on any atom is -0.481 e. The molecule has 0 bridgehead atoms. The minimum atomic E-state index is -1.01. The number of rotatable bonds is 2. The van der Waals surface area contributed by atoms with E-state index in [1.54, 1.807) is 11.9 Å². The number of carbonyl (C=O) groups is 1. The van der Waals surface area contributed by atoms with Gasteiger partial charge in [0.15, 0.2) is 0 Å². The third-order valence-electron chi connectivity index (χ3n) is 3.19. The number of likely N-dealkylation sites (tertiary alicyclic amines) is 1. The quantitative estimate of drug-likeness (QED) is 0.856. The number of carboxylic acids is 1. The van der Waals surface area contributed by atoms with Crippen LogP contribution >= 0.6 is 0 Å². The SMILES string of the molecule is CN1CC(C(=O)O)C(c2c(F)cccc2F)C1. The maximum absolute atomic E-state index is 13.6. The number of likely N-dealkylation sites (N-methyl/N-ethyl adjacent to an activating group) is 1. The molecule has 0 aromatic heterocycles. The number of carboxylic acid groups (broad SMARTS) is 1. The van der Waals surface area contributed by atoms with Gasteiger partial charge in [-0.3, -0.25) is 4.79 Å². The normalized spacial score (nSPS) is 25.1. The summed E-state index contributed by atoms with van der Waals surface area (Å²) >= 11 is 0. The molecule has 0 spiro atoms. The van der Waals surface area contributed by atoms with E-state index in [1.807, 2.05) is 0 Å². The van der Waals surface area contributed by atoms with Crippen molar-refractivity contribution in [3.05, 3.63) is 35.4 Å². The van der Waals surface area contributed by atoms with Crippen LogP contribution in [0.3, 0.4) is 0 Å². The lowest BCUT2D eigenvalue weighted by Crippen LogP contribution is -2.22. The van der Waals surface area contributed by atoms with E-state index in [0.717, 1.165) is 12.1 Å². The summed E-state index contributed by atoms with van der Waals surface area (Å²) in [5, 5.41) is 9.07. The van der Waals surface area contributed by atoms with E-state index in [0.29, 0.717) is 13.1 Å². The molecular weight excluding hydrogens is 228 g/mol. The van der Waals surface area contributed by atoms with Crippen LogP contribution in [-0.2, 0) is 4.79 Å². The molecule has 1 fully saturated rings. The molecule has 1 N–H and O–H groups in total. The molecule has 1 saturated heterocycles. The highest BCUT2D eigenvalue weighted by Crippen LogP contribution is 2.34. The number of halogens is 2. The molecule has 2 rings (SSSR count). The zero-order valence-corrected chi connectivity index (χ0v) is 9.36. The summed E-state index contributed by atoms with van der Waals surface area (Å²) in [4.78, 5) is 12.9. The van der Waals surface area contributed by atoms with E-state index in [9.17, 15) is 13.6 Å². The molecule has 1 aromatic rings. The number of benzene rings is 1. The fraction of sp³-hybridized carbons (Fsp3) is 0.417. The van der Waals surface area contributed by atoms with Crippen molar-refractivity contribution in [1.29, 1.82) is 0 Å². The standard InChI is InChI=1S/C12H13F2NO2/c1-15-5-7(8(6-15)12(16)17)11-9(13)3-2-4-10(11)14/h2-4,7-8H,5-6H2,1H3,(H,16,17). The third kappa shape index (κ3) is 2.15. The Kier molecular flexibility index (Phi) is 3.11. The van der Waals surface area contributed by atoms with Gasteiger partial charge in [-0.2, -0.15) is 0 Å². The van der Waals surface area contributed by atoms with E-state index in [4.69, 9.17) is 5.11 Å². The van der Waals surface area contributed by atoms with E-state index in [2.05, 4.69) is 0 Å². The van der Waals surface area contributed by atoms with E-state index in [-0.39, 0.29) is 5.56 Å². The molecule has 17 heavy (non-hydrogen) atoms. The molecule has 1 aliphatic rings. The number of hydrogen-bond acceptors (Lipinski definition) is 2. The van der Waals surface area contributed by atoms with Crippen LogP contribution < -0.4 is 0 Å². The van der Waals surface area contributed by atoms with Crippen LogP contribution in [-0.4, -0.2) is 36.1 Å². The smallest absolute Gasteiger partial charge is 0.308 e. The van der Waals surface area contributed by atoms with Crippen molar-refractivity contribution in [3.63, 3.8) is 0 Å². The summed E-state index contributed by atoms with van der Waals surface area (Å²) in [5.41, 5.74) is -0.107. The molecule has 1 aliphatic heterocycles. The molecule has 3 nitrogen and oxygen atoms in total. The predicted octanol–water partition coefficient (Wildman–Crippen LogP) is 1.69. The first-order valence-corrected chi connectivity index (χ1v) is 5.36. The lowest BCUT2D eigenvalue weighted by Gasteiger charge is -2.16. The van der Waals surface area contributed by atoms with Crippen LogP contribution in [0.2, 0.25) is 0 Å². The van der Waals surface area contributed by atoms with Gasteiger partial charge in [-0.15, -0.1) is 0 Å². The van der Waals surface area contributed by atoms with Crippen molar-refractivity contribution in [3.8, 4) is 0 Å². The van der Waals surface area contributed by atoms with E-state index in [1.165, 1.54) is 6.07 Å². The first-order chi connectivity index (χ1) is 8.00. The summed E-state index contributed by atoms with van der Waals surface area (Å²) < 4.78 is 27.2. The zero-order valence-electron chi connectivity index (χ0n) is 9.36. The lowest BCUT2D eigenvalue weighted by atomic mass is 9.88. The molecule has 1 heterocycles. The highest BCUT2D eigenvalue weighted by Gasteiger charge is 2.39. The second-order valence-corrected chi connectivity index (χ2v) is 4.41. The van der Waals surface area contributed by atoms with Gasteiger partial charge in [0, 0.05) is 24.6 Å². The van der Waals surface area contributed by atoms with Gasteiger partial charge in [0.1, 0.15) is 11.6 Å². The Labute approximate surface area is 97.7 Å². The third-order valence-corrected chi connectivity index (χ3v) is 3.19. The molecule has 2 atom stereocenters.